The predicted octanol–water partition coefficient (Wildman–Crippen LogP) is 1.68. The van der Waals surface area contributed by atoms with Crippen molar-refractivity contribution in [1.82, 2.24) is 9.97 Å². The third-order valence-electron chi connectivity index (χ3n) is 2.57. The van der Waals surface area contributed by atoms with E-state index in [1.807, 2.05) is 13.8 Å². The molecule has 0 aliphatic rings. The van der Waals surface area contributed by atoms with Crippen LogP contribution in [-0.4, -0.2) is 35.7 Å². The standard InChI is InChI=1S/C13H24N4O/c1-5-17(9-11(4)8-14)13-15-7-6-12(16-13)18-10(2)3/h6-7,10-11H,5,8-9,14H2,1-4H3. The number of hydrogen-bond donors (Lipinski definition) is 1. The van der Waals surface area contributed by atoms with E-state index in [0.717, 1.165) is 13.1 Å². The molecule has 0 fully saturated rings. The van der Waals surface area contributed by atoms with Gasteiger partial charge in [-0.1, -0.05) is 6.92 Å². The summed E-state index contributed by atoms with van der Waals surface area (Å²) < 4.78 is 5.58. The second kappa shape index (κ2) is 7.16. The van der Waals surface area contributed by atoms with E-state index in [4.69, 9.17) is 10.5 Å². The molecule has 1 aromatic heterocycles. The van der Waals surface area contributed by atoms with Gasteiger partial charge < -0.3 is 15.4 Å². The van der Waals surface area contributed by atoms with E-state index in [1.165, 1.54) is 0 Å². The van der Waals surface area contributed by atoms with Crippen LogP contribution >= 0.6 is 0 Å². The molecule has 1 heterocycles. The van der Waals surface area contributed by atoms with E-state index in [2.05, 4.69) is 28.7 Å². The molecule has 1 rings (SSSR count). The number of nitrogens with two attached hydrogens (primary N) is 1. The first-order valence-corrected chi connectivity index (χ1v) is 6.51. The molecule has 2 N–H and O–H groups in total. The Balaban J connectivity index is 2.79. The van der Waals surface area contributed by atoms with Crippen molar-refractivity contribution in [3.63, 3.8) is 0 Å². The minimum absolute atomic E-state index is 0.116. The molecule has 0 bridgehead atoms. The number of ether oxygens (including phenoxy) is 1. The summed E-state index contributed by atoms with van der Waals surface area (Å²) in [6.45, 7) is 10.6. The number of anilines is 1. The van der Waals surface area contributed by atoms with Crippen LogP contribution in [0.2, 0.25) is 0 Å². The SMILES string of the molecule is CCN(CC(C)CN)c1nccc(OC(C)C)n1. The van der Waals surface area contributed by atoms with Crippen molar-refractivity contribution in [2.24, 2.45) is 11.7 Å². The van der Waals surface area contributed by atoms with Gasteiger partial charge in [0.2, 0.25) is 11.8 Å². The van der Waals surface area contributed by atoms with E-state index in [1.54, 1.807) is 12.3 Å². The van der Waals surface area contributed by atoms with Gasteiger partial charge in [-0.15, -0.1) is 0 Å². The summed E-state index contributed by atoms with van der Waals surface area (Å²) in [7, 11) is 0. The zero-order valence-electron chi connectivity index (χ0n) is 11.8. The van der Waals surface area contributed by atoms with Gasteiger partial charge in [-0.2, -0.15) is 4.98 Å². The maximum absolute atomic E-state index is 5.66. The van der Waals surface area contributed by atoms with Crippen molar-refractivity contribution >= 4 is 5.95 Å². The Morgan fingerprint density at radius 1 is 1.39 bits per heavy atom. The summed E-state index contributed by atoms with van der Waals surface area (Å²) in [6.07, 6.45) is 1.85. The zero-order valence-corrected chi connectivity index (χ0v) is 11.8. The van der Waals surface area contributed by atoms with Crippen molar-refractivity contribution in [1.29, 1.82) is 0 Å². The number of nitrogens with zero attached hydrogens (tertiary/aromatic N) is 3. The molecular formula is C13H24N4O. The summed E-state index contributed by atoms with van der Waals surface area (Å²) in [4.78, 5) is 10.8. The summed E-state index contributed by atoms with van der Waals surface area (Å²) in [5.74, 6) is 1.74. The second-order valence-corrected chi connectivity index (χ2v) is 4.74. The summed E-state index contributed by atoms with van der Waals surface area (Å²) in [5.41, 5.74) is 5.66. The number of hydrogen-bond acceptors (Lipinski definition) is 5. The zero-order chi connectivity index (χ0) is 13.5. The number of rotatable bonds is 7. The maximum atomic E-state index is 5.66. The highest BCUT2D eigenvalue weighted by Gasteiger charge is 2.12. The van der Waals surface area contributed by atoms with Crippen LogP contribution in [-0.2, 0) is 0 Å². The molecule has 0 aliphatic carbocycles. The predicted molar refractivity (Wildman–Crippen MR) is 73.9 cm³/mol. The molecule has 0 aliphatic heterocycles. The average molecular weight is 252 g/mol. The lowest BCUT2D eigenvalue weighted by Crippen LogP contribution is -2.32. The Hall–Kier alpha value is -1.36. The number of aromatic nitrogens is 2. The Labute approximate surface area is 109 Å². The van der Waals surface area contributed by atoms with Gasteiger partial charge in [0.05, 0.1) is 6.10 Å². The van der Waals surface area contributed by atoms with Gasteiger partial charge in [0.1, 0.15) is 0 Å². The summed E-state index contributed by atoms with van der Waals surface area (Å²) in [6, 6.07) is 1.78. The van der Waals surface area contributed by atoms with Gasteiger partial charge in [0.15, 0.2) is 0 Å². The largest absolute Gasteiger partial charge is 0.475 e. The first kappa shape index (κ1) is 14.7. The molecule has 0 aromatic carbocycles. The molecule has 5 nitrogen and oxygen atoms in total. The molecule has 1 aromatic rings. The maximum Gasteiger partial charge on any atom is 0.228 e. The lowest BCUT2D eigenvalue weighted by molar-refractivity contribution is 0.232. The third kappa shape index (κ3) is 4.49. The minimum Gasteiger partial charge on any atom is -0.475 e. The van der Waals surface area contributed by atoms with Crippen LogP contribution in [0.4, 0.5) is 5.95 Å². The van der Waals surface area contributed by atoms with Gasteiger partial charge in [-0.25, -0.2) is 4.98 Å². The van der Waals surface area contributed by atoms with Crippen molar-refractivity contribution in [2.75, 3.05) is 24.5 Å². The Morgan fingerprint density at radius 3 is 2.67 bits per heavy atom. The van der Waals surface area contributed by atoms with E-state index in [0.29, 0.717) is 24.3 Å². The van der Waals surface area contributed by atoms with Crippen molar-refractivity contribution < 1.29 is 4.74 Å². The summed E-state index contributed by atoms with van der Waals surface area (Å²) in [5, 5.41) is 0. The molecule has 1 unspecified atom stereocenters. The Bertz CT molecular complexity index is 357. The molecule has 0 amide bonds. The third-order valence-corrected chi connectivity index (χ3v) is 2.57. The molecule has 18 heavy (non-hydrogen) atoms. The molecule has 0 spiro atoms. The van der Waals surface area contributed by atoms with Gasteiger partial charge >= 0.3 is 0 Å². The van der Waals surface area contributed by atoms with Crippen LogP contribution in [0.3, 0.4) is 0 Å². The van der Waals surface area contributed by atoms with Crippen molar-refractivity contribution in [3.8, 4) is 5.88 Å². The smallest absolute Gasteiger partial charge is 0.228 e. The molecular weight excluding hydrogens is 228 g/mol. The highest BCUT2D eigenvalue weighted by Crippen LogP contribution is 2.14. The average Bonchev–Trinajstić information content (AvgIpc) is 2.35. The van der Waals surface area contributed by atoms with Gasteiger partial charge in [-0.3, -0.25) is 0 Å². The first-order valence-electron chi connectivity index (χ1n) is 6.51. The molecule has 0 saturated heterocycles. The van der Waals surface area contributed by atoms with Crippen molar-refractivity contribution in [2.45, 2.75) is 33.8 Å². The molecule has 0 saturated carbocycles. The fourth-order valence-electron chi connectivity index (χ4n) is 1.59. The van der Waals surface area contributed by atoms with Crippen molar-refractivity contribution in [3.05, 3.63) is 12.3 Å². The van der Waals surface area contributed by atoms with Gasteiger partial charge in [0.25, 0.3) is 0 Å². The summed E-state index contributed by atoms with van der Waals surface area (Å²) >= 11 is 0. The van der Waals surface area contributed by atoms with E-state index >= 15 is 0 Å². The topological polar surface area (TPSA) is 64.3 Å². The molecule has 0 radical (unpaired) electrons. The van der Waals surface area contributed by atoms with Gasteiger partial charge in [0, 0.05) is 25.4 Å². The van der Waals surface area contributed by atoms with Crippen LogP contribution in [0.1, 0.15) is 27.7 Å². The monoisotopic (exact) mass is 252 g/mol. The Morgan fingerprint density at radius 2 is 2.11 bits per heavy atom. The van der Waals surface area contributed by atoms with Crippen LogP contribution < -0.4 is 15.4 Å². The lowest BCUT2D eigenvalue weighted by atomic mass is 10.2. The Kier molecular flexibility index (Phi) is 5.85. The second-order valence-electron chi connectivity index (χ2n) is 4.74. The van der Waals surface area contributed by atoms with Crippen LogP contribution in [0, 0.1) is 5.92 Å². The highest BCUT2D eigenvalue weighted by atomic mass is 16.5. The fraction of sp³-hybridized carbons (Fsp3) is 0.692. The first-order chi connectivity index (χ1) is 8.56. The lowest BCUT2D eigenvalue weighted by Gasteiger charge is -2.24. The van der Waals surface area contributed by atoms with Gasteiger partial charge in [-0.05, 0) is 33.2 Å². The molecule has 5 heteroatoms. The molecule has 102 valence electrons. The quantitative estimate of drug-likeness (QED) is 0.800. The van der Waals surface area contributed by atoms with E-state index in [9.17, 15) is 0 Å². The minimum atomic E-state index is 0.116. The highest BCUT2D eigenvalue weighted by molar-refractivity contribution is 5.31. The molecule has 1 atom stereocenters. The normalized spacial score (nSPS) is 12.6. The van der Waals surface area contributed by atoms with E-state index in [-0.39, 0.29) is 6.10 Å². The van der Waals surface area contributed by atoms with Crippen LogP contribution in [0.15, 0.2) is 12.3 Å². The van der Waals surface area contributed by atoms with E-state index < -0.39 is 0 Å². The fourth-order valence-corrected chi connectivity index (χ4v) is 1.59. The van der Waals surface area contributed by atoms with Crippen LogP contribution in [0.25, 0.3) is 0 Å². The van der Waals surface area contributed by atoms with Crippen LogP contribution in [0.5, 0.6) is 5.88 Å².